The Morgan fingerprint density at radius 1 is 1.39 bits per heavy atom. The summed E-state index contributed by atoms with van der Waals surface area (Å²) < 4.78 is 2.09. The van der Waals surface area contributed by atoms with Gasteiger partial charge >= 0.3 is 0 Å². The van der Waals surface area contributed by atoms with Gasteiger partial charge in [0.2, 0.25) is 0 Å². The average molecular weight is 264 g/mol. The molecule has 0 unspecified atom stereocenters. The van der Waals surface area contributed by atoms with Crippen LogP contribution in [0.3, 0.4) is 0 Å². The SMILES string of the molecule is CO.Cc1cc(/C=C/C=O)c(C)n1-c1nccs1. The summed E-state index contributed by atoms with van der Waals surface area (Å²) in [4.78, 5) is 14.6. The Balaban J connectivity index is 0.000000771. The predicted octanol–water partition coefficient (Wildman–Crippen LogP) is 2.37. The van der Waals surface area contributed by atoms with Gasteiger partial charge in [-0.3, -0.25) is 9.36 Å². The molecule has 0 atom stereocenters. The number of aliphatic hydroxyl groups is 1. The van der Waals surface area contributed by atoms with E-state index in [9.17, 15) is 4.79 Å². The predicted molar refractivity (Wildman–Crippen MR) is 74.2 cm³/mol. The third-order valence-corrected chi connectivity index (χ3v) is 3.19. The number of carbonyl (C=O) groups excluding carboxylic acids is 1. The van der Waals surface area contributed by atoms with Crippen LogP contribution in [-0.4, -0.2) is 28.1 Å². The van der Waals surface area contributed by atoms with Crippen LogP contribution in [0.4, 0.5) is 0 Å². The molecule has 0 saturated carbocycles. The smallest absolute Gasteiger partial charge is 0.193 e. The van der Waals surface area contributed by atoms with Crippen molar-refractivity contribution in [2.75, 3.05) is 7.11 Å². The van der Waals surface area contributed by atoms with E-state index in [4.69, 9.17) is 5.11 Å². The van der Waals surface area contributed by atoms with Gasteiger partial charge < -0.3 is 5.11 Å². The Labute approximate surface area is 110 Å². The molecule has 1 N–H and O–H groups in total. The second kappa shape index (κ2) is 6.88. The molecule has 0 saturated heterocycles. The number of aliphatic hydroxyl groups excluding tert-OH is 1. The molecule has 2 rings (SSSR count). The van der Waals surface area contributed by atoms with Crippen LogP contribution in [0.5, 0.6) is 0 Å². The van der Waals surface area contributed by atoms with Gasteiger partial charge in [-0.1, -0.05) is 0 Å². The fraction of sp³-hybridized carbons (Fsp3) is 0.231. The summed E-state index contributed by atoms with van der Waals surface area (Å²) in [6.45, 7) is 4.06. The highest BCUT2D eigenvalue weighted by atomic mass is 32.1. The van der Waals surface area contributed by atoms with Crippen LogP contribution in [0.15, 0.2) is 23.7 Å². The van der Waals surface area contributed by atoms with E-state index in [-0.39, 0.29) is 0 Å². The summed E-state index contributed by atoms with van der Waals surface area (Å²) in [5.41, 5.74) is 3.28. The molecule has 0 amide bonds. The van der Waals surface area contributed by atoms with Gasteiger partial charge in [0, 0.05) is 30.1 Å². The van der Waals surface area contributed by atoms with Crippen molar-refractivity contribution in [2.45, 2.75) is 13.8 Å². The van der Waals surface area contributed by atoms with Gasteiger partial charge in [0.05, 0.1) is 0 Å². The Kier molecular flexibility index (Phi) is 5.48. The first-order chi connectivity index (χ1) is 8.74. The molecule has 0 fully saturated rings. The molecule has 0 radical (unpaired) electrons. The lowest BCUT2D eigenvalue weighted by Crippen LogP contribution is -1.97. The summed E-state index contributed by atoms with van der Waals surface area (Å²) in [6, 6.07) is 2.05. The number of hydrogen-bond donors (Lipinski definition) is 1. The van der Waals surface area contributed by atoms with Crippen LogP contribution < -0.4 is 0 Å². The lowest BCUT2D eigenvalue weighted by molar-refractivity contribution is -0.104. The van der Waals surface area contributed by atoms with Gasteiger partial charge in [-0.15, -0.1) is 11.3 Å². The summed E-state index contributed by atoms with van der Waals surface area (Å²) in [7, 11) is 1.00. The number of nitrogens with zero attached hydrogens (tertiary/aromatic N) is 2. The van der Waals surface area contributed by atoms with E-state index >= 15 is 0 Å². The second-order valence-corrected chi connectivity index (χ2v) is 4.34. The number of aromatic nitrogens is 2. The lowest BCUT2D eigenvalue weighted by Gasteiger charge is -2.04. The van der Waals surface area contributed by atoms with E-state index in [0.717, 1.165) is 35.5 Å². The zero-order valence-electron chi connectivity index (χ0n) is 10.6. The van der Waals surface area contributed by atoms with E-state index in [1.165, 1.54) is 6.08 Å². The summed E-state index contributed by atoms with van der Waals surface area (Å²) in [5.74, 6) is 0. The number of aldehydes is 1. The number of carbonyl (C=O) groups is 1. The molecule has 0 aromatic carbocycles. The van der Waals surface area contributed by atoms with Crippen LogP contribution in [0.25, 0.3) is 11.2 Å². The van der Waals surface area contributed by atoms with E-state index in [1.54, 1.807) is 17.5 Å². The maximum absolute atomic E-state index is 10.3. The van der Waals surface area contributed by atoms with Crippen molar-refractivity contribution in [1.29, 1.82) is 0 Å². The topological polar surface area (TPSA) is 55.1 Å². The van der Waals surface area contributed by atoms with Gasteiger partial charge in [0.25, 0.3) is 0 Å². The largest absolute Gasteiger partial charge is 0.400 e. The Hall–Kier alpha value is -1.72. The molecule has 4 nitrogen and oxygen atoms in total. The lowest BCUT2D eigenvalue weighted by atomic mass is 10.2. The van der Waals surface area contributed by atoms with Gasteiger partial charge in [0.15, 0.2) is 5.13 Å². The summed E-state index contributed by atoms with van der Waals surface area (Å²) in [5, 5.41) is 9.91. The van der Waals surface area contributed by atoms with Crippen molar-refractivity contribution < 1.29 is 9.90 Å². The first-order valence-electron chi connectivity index (χ1n) is 5.39. The highest BCUT2D eigenvalue weighted by Crippen LogP contribution is 2.22. The molecule has 18 heavy (non-hydrogen) atoms. The molecular weight excluding hydrogens is 248 g/mol. The molecule has 0 aliphatic heterocycles. The second-order valence-electron chi connectivity index (χ2n) is 3.47. The van der Waals surface area contributed by atoms with Gasteiger partial charge in [0.1, 0.15) is 6.29 Å². The maximum atomic E-state index is 10.3. The first kappa shape index (κ1) is 14.3. The summed E-state index contributed by atoms with van der Waals surface area (Å²) >= 11 is 1.60. The average Bonchev–Trinajstić information content (AvgIpc) is 2.98. The van der Waals surface area contributed by atoms with E-state index in [2.05, 4.69) is 15.6 Å². The van der Waals surface area contributed by atoms with Crippen molar-refractivity contribution in [1.82, 2.24) is 9.55 Å². The van der Waals surface area contributed by atoms with Crippen LogP contribution >= 0.6 is 11.3 Å². The molecule has 2 aromatic rings. The molecule has 0 spiro atoms. The van der Waals surface area contributed by atoms with Crippen molar-refractivity contribution >= 4 is 23.7 Å². The van der Waals surface area contributed by atoms with Crippen molar-refractivity contribution in [2.24, 2.45) is 0 Å². The Morgan fingerprint density at radius 2 is 2.11 bits per heavy atom. The quantitative estimate of drug-likeness (QED) is 0.684. The normalized spacial score (nSPS) is 10.2. The number of allylic oxidation sites excluding steroid dienone is 1. The molecular formula is C13H16N2O2S. The zero-order chi connectivity index (χ0) is 13.5. The zero-order valence-corrected chi connectivity index (χ0v) is 11.4. The number of thiazole rings is 1. The number of hydrogen-bond acceptors (Lipinski definition) is 4. The number of aryl methyl sites for hydroxylation is 1. The monoisotopic (exact) mass is 264 g/mol. The van der Waals surface area contributed by atoms with Gasteiger partial charge in [-0.25, -0.2) is 4.98 Å². The van der Waals surface area contributed by atoms with Crippen molar-refractivity contribution in [3.05, 3.63) is 40.7 Å². The third-order valence-electron chi connectivity index (χ3n) is 2.44. The minimum Gasteiger partial charge on any atom is -0.400 e. The summed E-state index contributed by atoms with van der Waals surface area (Å²) in [6.07, 6.45) is 5.91. The number of rotatable bonds is 3. The van der Waals surface area contributed by atoms with Crippen LogP contribution in [0, 0.1) is 13.8 Å². The molecule has 2 heterocycles. The fourth-order valence-corrected chi connectivity index (χ4v) is 2.47. The highest BCUT2D eigenvalue weighted by Gasteiger charge is 2.09. The molecule has 2 aromatic heterocycles. The maximum Gasteiger partial charge on any atom is 0.193 e. The fourth-order valence-electron chi connectivity index (χ4n) is 1.72. The molecule has 0 aliphatic carbocycles. The highest BCUT2D eigenvalue weighted by molar-refractivity contribution is 7.12. The van der Waals surface area contributed by atoms with E-state index in [0.29, 0.717) is 0 Å². The van der Waals surface area contributed by atoms with Crippen LogP contribution in [-0.2, 0) is 4.79 Å². The minimum absolute atomic E-state index is 0.787. The Bertz CT molecular complexity index is 527. The van der Waals surface area contributed by atoms with Crippen LogP contribution in [0.1, 0.15) is 17.0 Å². The molecule has 96 valence electrons. The molecule has 5 heteroatoms. The van der Waals surface area contributed by atoms with E-state index in [1.807, 2.05) is 25.3 Å². The first-order valence-corrected chi connectivity index (χ1v) is 6.27. The third kappa shape index (κ3) is 2.94. The van der Waals surface area contributed by atoms with Crippen molar-refractivity contribution in [3.63, 3.8) is 0 Å². The van der Waals surface area contributed by atoms with Crippen molar-refractivity contribution in [3.8, 4) is 5.13 Å². The molecule has 0 aliphatic rings. The van der Waals surface area contributed by atoms with Gasteiger partial charge in [-0.2, -0.15) is 0 Å². The minimum atomic E-state index is 0.787. The standard InChI is InChI=1S/C12H12N2OS.CH4O/c1-9-8-11(4-3-6-15)10(2)14(9)12-13-5-7-16-12;1-2/h3-8H,1-2H3;2H,1H3/b4-3+;. The van der Waals surface area contributed by atoms with Gasteiger partial charge in [-0.05, 0) is 37.6 Å². The van der Waals surface area contributed by atoms with Crippen LogP contribution in [0.2, 0.25) is 0 Å². The van der Waals surface area contributed by atoms with E-state index < -0.39 is 0 Å². The molecule has 0 bridgehead atoms. The Morgan fingerprint density at radius 3 is 2.67 bits per heavy atom.